The van der Waals surface area contributed by atoms with E-state index in [-0.39, 0.29) is 28.2 Å². The van der Waals surface area contributed by atoms with E-state index in [2.05, 4.69) is 10.6 Å². The summed E-state index contributed by atoms with van der Waals surface area (Å²) in [5.41, 5.74) is 0.910. The summed E-state index contributed by atoms with van der Waals surface area (Å²) in [7, 11) is -3.60. The molecular formula is C18H20N2O3S. The van der Waals surface area contributed by atoms with Crippen molar-refractivity contribution in [2.75, 3.05) is 13.1 Å². The van der Waals surface area contributed by atoms with Crippen molar-refractivity contribution < 1.29 is 13.2 Å². The van der Waals surface area contributed by atoms with Gasteiger partial charge in [-0.1, -0.05) is 42.5 Å². The first kappa shape index (κ1) is 16.7. The molecule has 24 heavy (non-hydrogen) atoms. The number of rotatable bonds is 5. The van der Waals surface area contributed by atoms with E-state index in [0.717, 1.165) is 13.0 Å². The minimum Gasteiger partial charge on any atom is -0.348 e. The molecule has 1 fully saturated rings. The van der Waals surface area contributed by atoms with E-state index in [1.54, 1.807) is 42.5 Å². The van der Waals surface area contributed by atoms with Crippen molar-refractivity contribution >= 4 is 15.7 Å². The molecule has 1 heterocycles. The van der Waals surface area contributed by atoms with Crippen LogP contribution in [-0.2, 0) is 15.6 Å². The molecule has 0 saturated carbocycles. The van der Waals surface area contributed by atoms with Crippen molar-refractivity contribution in [2.24, 2.45) is 0 Å². The molecule has 0 aromatic heterocycles. The average molecular weight is 344 g/mol. The molecule has 1 unspecified atom stereocenters. The minimum atomic E-state index is -3.60. The smallest absolute Gasteiger partial charge is 0.252 e. The van der Waals surface area contributed by atoms with Gasteiger partial charge in [-0.2, -0.15) is 0 Å². The third kappa shape index (κ3) is 3.83. The van der Waals surface area contributed by atoms with Gasteiger partial charge in [-0.15, -0.1) is 0 Å². The highest BCUT2D eigenvalue weighted by atomic mass is 32.2. The van der Waals surface area contributed by atoms with Crippen LogP contribution in [0.15, 0.2) is 59.5 Å². The summed E-state index contributed by atoms with van der Waals surface area (Å²) in [6.45, 7) is 1.57. The average Bonchev–Trinajstić information content (AvgIpc) is 3.08. The summed E-state index contributed by atoms with van der Waals surface area (Å²) < 4.78 is 25.5. The van der Waals surface area contributed by atoms with E-state index in [1.807, 2.05) is 6.07 Å². The summed E-state index contributed by atoms with van der Waals surface area (Å²) in [6, 6.07) is 15.4. The van der Waals surface area contributed by atoms with E-state index in [4.69, 9.17) is 0 Å². The Morgan fingerprint density at radius 2 is 1.79 bits per heavy atom. The number of hydrogen-bond acceptors (Lipinski definition) is 4. The zero-order chi connectivity index (χ0) is 17.0. The fraction of sp³-hybridized carbons (Fsp3) is 0.278. The Morgan fingerprint density at radius 1 is 1.08 bits per heavy atom. The van der Waals surface area contributed by atoms with Gasteiger partial charge in [0.25, 0.3) is 5.91 Å². The predicted molar refractivity (Wildman–Crippen MR) is 92.5 cm³/mol. The number of benzene rings is 2. The first-order valence-corrected chi connectivity index (χ1v) is 9.59. The highest BCUT2D eigenvalue weighted by Gasteiger charge is 2.24. The lowest BCUT2D eigenvalue weighted by molar-refractivity contribution is 0.0936. The molecule has 5 nitrogen and oxygen atoms in total. The van der Waals surface area contributed by atoms with Crippen LogP contribution in [-0.4, -0.2) is 33.5 Å². The Balaban J connectivity index is 1.86. The summed E-state index contributed by atoms with van der Waals surface area (Å²) >= 11 is 0. The van der Waals surface area contributed by atoms with Crippen LogP contribution in [0.3, 0.4) is 0 Å². The third-order valence-corrected chi connectivity index (χ3v) is 5.80. The van der Waals surface area contributed by atoms with Gasteiger partial charge in [-0.25, -0.2) is 8.42 Å². The van der Waals surface area contributed by atoms with E-state index < -0.39 is 9.84 Å². The number of carbonyl (C=O) groups excluding carboxylic acids is 1. The molecular weight excluding hydrogens is 324 g/mol. The number of nitrogens with one attached hydrogen (secondary N) is 2. The summed E-state index contributed by atoms with van der Waals surface area (Å²) in [4.78, 5) is 12.6. The molecule has 0 radical (unpaired) electrons. The molecule has 2 aromatic carbocycles. The van der Waals surface area contributed by atoms with Crippen LogP contribution in [0.4, 0.5) is 0 Å². The number of carbonyl (C=O) groups is 1. The second kappa shape index (κ2) is 7.15. The van der Waals surface area contributed by atoms with Crippen LogP contribution < -0.4 is 10.6 Å². The largest absolute Gasteiger partial charge is 0.348 e. The molecule has 0 bridgehead atoms. The Hall–Kier alpha value is -2.18. The lowest BCUT2D eigenvalue weighted by Crippen LogP contribution is -2.36. The molecule has 2 aromatic rings. The van der Waals surface area contributed by atoms with Gasteiger partial charge in [0.2, 0.25) is 0 Å². The van der Waals surface area contributed by atoms with Gasteiger partial charge in [0.05, 0.1) is 16.2 Å². The van der Waals surface area contributed by atoms with Crippen molar-refractivity contribution in [3.05, 3.63) is 65.7 Å². The Bertz CT molecular complexity index is 813. The van der Waals surface area contributed by atoms with Crippen LogP contribution in [0.2, 0.25) is 0 Å². The molecule has 1 aliphatic rings. The third-order valence-electron chi connectivity index (χ3n) is 4.06. The van der Waals surface area contributed by atoms with Gasteiger partial charge in [0, 0.05) is 12.6 Å². The number of sulfone groups is 1. The maximum Gasteiger partial charge on any atom is 0.252 e. The second-order valence-corrected chi connectivity index (χ2v) is 7.86. The normalized spacial score (nSPS) is 17.6. The van der Waals surface area contributed by atoms with Gasteiger partial charge in [0.15, 0.2) is 9.84 Å². The van der Waals surface area contributed by atoms with Gasteiger partial charge >= 0.3 is 0 Å². The molecule has 2 N–H and O–H groups in total. The van der Waals surface area contributed by atoms with Gasteiger partial charge in [-0.3, -0.25) is 4.79 Å². The van der Waals surface area contributed by atoms with Crippen LogP contribution in [0.1, 0.15) is 22.3 Å². The highest BCUT2D eigenvalue weighted by molar-refractivity contribution is 7.90. The van der Waals surface area contributed by atoms with E-state index >= 15 is 0 Å². The van der Waals surface area contributed by atoms with Crippen molar-refractivity contribution in [2.45, 2.75) is 23.1 Å². The van der Waals surface area contributed by atoms with E-state index in [0.29, 0.717) is 12.1 Å². The first-order valence-electron chi connectivity index (χ1n) is 7.93. The van der Waals surface area contributed by atoms with Crippen molar-refractivity contribution in [3.63, 3.8) is 0 Å². The second-order valence-electron chi connectivity index (χ2n) is 5.90. The lowest BCUT2D eigenvalue weighted by Gasteiger charge is -2.14. The monoisotopic (exact) mass is 344 g/mol. The Kier molecular flexibility index (Phi) is 4.97. The number of amides is 1. The molecule has 6 heteroatoms. The van der Waals surface area contributed by atoms with Gasteiger partial charge in [-0.05, 0) is 30.7 Å². The molecule has 3 rings (SSSR count). The highest BCUT2D eigenvalue weighted by Crippen LogP contribution is 2.21. The lowest BCUT2D eigenvalue weighted by atomic mass is 10.2. The first-order chi connectivity index (χ1) is 11.6. The van der Waals surface area contributed by atoms with Crippen molar-refractivity contribution in [1.29, 1.82) is 0 Å². The van der Waals surface area contributed by atoms with Crippen molar-refractivity contribution in [1.82, 2.24) is 10.6 Å². The maximum absolute atomic E-state index is 12.8. The molecule has 1 atom stereocenters. The molecule has 1 amide bonds. The summed E-state index contributed by atoms with van der Waals surface area (Å²) in [6.07, 6.45) is 0.852. The molecule has 0 spiro atoms. The fourth-order valence-corrected chi connectivity index (χ4v) is 4.41. The van der Waals surface area contributed by atoms with Crippen LogP contribution >= 0.6 is 0 Å². The molecule has 1 aliphatic heterocycles. The summed E-state index contributed by atoms with van der Waals surface area (Å²) in [5.74, 6) is -0.459. The minimum absolute atomic E-state index is 0.0439. The van der Waals surface area contributed by atoms with Crippen LogP contribution in [0.25, 0.3) is 0 Å². The van der Waals surface area contributed by atoms with Crippen LogP contribution in [0.5, 0.6) is 0 Å². The van der Waals surface area contributed by atoms with Crippen molar-refractivity contribution in [3.8, 4) is 0 Å². The maximum atomic E-state index is 12.8. The Labute approximate surface area is 142 Å². The zero-order valence-corrected chi connectivity index (χ0v) is 14.1. The van der Waals surface area contributed by atoms with Crippen LogP contribution in [0, 0.1) is 0 Å². The quantitative estimate of drug-likeness (QED) is 0.867. The summed E-state index contributed by atoms with van der Waals surface area (Å²) in [5, 5.41) is 6.08. The SMILES string of the molecule is O=C(NC1CCNC1)c1ccccc1S(=O)(=O)Cc1ccccc1. The standard InChI is InChI=1S/C18H20N2O3S/c21-18(20-15-10-11-19-12-15)16-8-4-5-9-17(16)24(22,23)13-14-6-2-1-3-7-14/h1-9,15,19H,10-13H2,(H,20,21). The Morgan fingerprint density at radius 3 is 2.50 bits per heavy atom. The molecule has 1 saturated heterocycles. The fourth-order valence-electron chi connectivity index (χ4n) is 2.84. The van der Waals surface area contributed by atoms with E-state index in [1.165, 1.54) is 6.07 Å². The zero-order valence-electron chi connectivity index (χ0n) is 13.2. The van der Waals surface area contributed by atoms with Gasteiger partial charge < -0.3 is 10.6 Å². The predicted octanol–water partition coefficient (Wildman–Crippen LogP) is 1.75. The number of hydrogen-bond donors (Lipinski definition) is 2. The van der Waals surface area contributed by atoms with Gasteiger partial charge in [0.1, 0.15) is 0 Å². The van der Waals surface area contributed by atoms with E-state index in [9.17, 15) is 13.2 Å². The molecule has 126 valence electrons. The topological polar surface area (TPSA) is 75.3 Å². The molecule has 0 aliphatic carbocycles.